The lowest BCUT2D eigenvalue weighted by atomic mass is 10.0. The third kappa shape index (κ3) is 5.78. The van der Waals surface area contributed by atoms with Gasteiger partial charge in [-0.05, 0) is 43.9 Å². The van der Waals surface area contributed by atoms with E-state index in [1.165, 1.54) is 5.56 Å². The number of aliphatic hydroxyl groups excluding tert-OH is 1. The van der Waals surface area contributed by atoms with E-state index in [2.05, 4.69) is 27.3 Å². The second-order valence-electron chi connectivity index (χ2n) is 7.44. The Hall–Kier alpha value is -2.44. The van der Waals surface area contributed by atoms with E-state index in [4.69, 9.17) is 10.8 Å². The number of carbonyl (C=O) groups is 1. The average Bonchev–Trinajstić information content (AvgIpc) is 2.70. The van der Waals surface area contributed by atoms with Gasteiger partial charge in [-0.25, -0.2) is 0 Å². The first-order valence-corrected chi connectivity index (χ1v) is 10.1. The fourth-order valence-electron chi connectivity index (χ4n) is 3.68. The molecule has 28 heavy (non-hydrogen) atoms. The number of likely N-dealkylation sites (tertiary alicyclic amines) is 1. The molecule has 0 bridgehead atoms. The number of hydrogen-bond donors (Lipinski definition) is 3. The third-order valence-corrected chi connectivity index (χ3v) is 5.28. The van der Waals surface area contributed by atoms with Crippen LogP contribution in [0.3, 0.4) is 0 Å². The number of nitrogens with zero attached hydrogens (tertiary/aromatic N) is 2. The van der Waals surface area contributed by atoms with Gasteiger partial charge in [0.05, 0.1) is 11.3 Å². The number of hydrogen-bond acceptors (Lipinski definition) is 5. The summed E-state index contributed by atoms with van der Waals surface area (Å²) >= 11 is 0. The predicted molar refractivity (Wildman–Crippen MR) is 111 cm³/mol. The molecule has 0 saturated carbocycles. The highest BCUT2D eigenvalue weighted by molar-refractivity contribution is 5.98. The van der Waals surface area contributed by atoms with Gasteiger partial charge in [-0.15, -0.1) is 0 Å². The van der Waals surface area contributed by atoms with Gasteiger partial charge in [0, 0.05) is 44.0 Å². The number of rotatable bonds is 9. The number of unbranched alkanes of at least 4 members (excludes halogenated alkanes) is 1. The van der Waals surface area contributed by atoms with E-state index in [9.17, 15) is 4.79 Å². The zero-order chi connectivity index (χ0) is 19.8. The Morgan fingerprint density at radius 3 is 2.64 bits per heavy atom. The SMILES string of the molecule is NC(=O)c1cnc(Cc2ccccc2)cc1NC1CCN(CCCCO)CC1. The number of anilines is 1. The number of benzene rings is 1. The molecule has 2 aromatic rings. The Balaban J connectivity index is 1.63. The molecule has 2 heterocycles. The van der Waals surface area contributed by atoms with Gasteiger partial charge in [0.15, 0.2) is 0 Å². The molecular weight excluding hydrogens is 352 g/mol. The van der Waals surface area contributed by atoms with Crippen LogP contribution in [0.2, 0.25) is 0 Å². The molecule has 1 amide bonds. The van der Waals surface area contributed by atoms with Crippen molar-refractivity contribution in [3.8, 4) is 0 Å². The number of nitrogens with one attached hydrogen (secondary N) is 1. The van der Waals surface area contributed by atoms with Gasteiger partial charge in [-0.2, -0.15) is 0 Å². The summed E-state index contributed by atoms with van der Waals surface area (Å²) in [6, 6.07) is 12.4. The molecule has 0 spiro atoms. The quantitative estimate of drug-likeness (QED) is 0.580. The summed E-state index contributed by atoms with van der Waals surface area (Å²) in [5, 5.41) is 12.5. The third-order valence-electron chi connectivity index (χ3n) is 5.28. The van der Waals surface area contributed by atoms with Gasteiger partial charge in [-0.3, -0.25) is 9.78 Å². The molecule has 0 atom stereocenters. The molecule has 150 valence electrons. The van der Waals surface area contributed by atoms with Crippen molar-refractivity contribution in [3.63, 3.8) is 0 Å². The Kier molecular flexibility index (Phi) is 7.39. The number of pyridine rings is 1. The van der Waals surface area contributed by atoms with Crippen LogP contribution in [-0.2, 0) is 6.42 Å². The minimum Gasteiger partial charge on any atom is -0.396 e. The number of carbonyl (C=O) groups excluding carboxylic acids is 1. The Morgan fingerprint density at radius 2 is 1.96 bits per heavy atom. The minimum atomic E-state index is -0.456. The zero-order valence-electron chi connectivity index (χ0n) is 16.3. The maximum absolute atomic E-state index is 11.8. The largest absolute Gasteiger partial charge is 0.396 e. The first kappa shape index (κ1) is 20.3. The summed E-state index contributed by atoms with van der Waals surface area (Å²) in [5.74, 6) is -0.456. The van der Waals surface area contributed by atoms with E-state index in [0.717, 1.165) is 63.1 Å². The first-order chi connectivity index (χ1) is 13.7. The summed E-state index contributed by atoms with van der Waals surface area (Å²) in [7, 11) is 0. The molecule has 1 fully saturated rings. The van der Waals surface area contributed by atoms with Gasteiger partial charge in [-0.1, -0.05) is 30.3 Å². The second kappa shape index (κ2) is 10.2. The van der Waals surface area contributed by atoms with Gasteiger partial charge < -0.3 is 21.1 Å². The number of aliphatic hydroxyl groups is 1. The maximum Gasteiger partial charge on any atom is 0.252 e. The molecule has 3 rings (SSSR count). The topological polar surface area (TPSA) is 91.5 Å². The van der Waals surface area contributed by atoms with Crippen molar-refractivity contribution in [1.82, 2.24) is 9.88 Å². The van der Waals surface area contributed by atoms with Crippen molar-refractivity contribution in [1.29, 1.82) is 0 Å². The predicted octanol–water partition coefficient (Wildman–Crippen LogP) is 2.42. The molecule has 6 heteroatoms. The van der Waals surface area contributed by atoms with Crippen LogP contribution in [0.15, 0.2) is 42.6 Å². The monoisotopic (exact) mass is 382 g/mol. The summed E-state index contributed by atoms with van der Waals surface area (Å²) in [4.78, 5) is 18.7. The molecule has 4 N–H and O–H groups in total. The number of aromatic nitrogens is 1. The lowest BCUT2D eigenvalue weighted by Crippen LogP contribution is -2.39. The maximum atomic E-state index is 11.8. The van der Waals surface area contributed by atoms with E-state index in [-0.39, 0.29) is 6.61 Å². The Labute approximate surface area is 166 Å². The fourth-order valence-corrected chi connectivity index (χ4v) is 3.68. The molecule has 1 aromatic carbocycles. The molecule has 1 aliphatic rings. The van der Waals surface area contributed by atoms with Crippen LogP contribution in [0, 0.1) is 0 Å². The molecule has 0 unspecified atom stereocenters. The number of nitrogens with two attached hydrogens (primary N) is 1. The normalized spacial score (nSPS) is 15.5. The van der Waals surface area contributed by atoms with E-state index < -0.39 is 5.91 Å². The zero-order valence-corrected chi connectivity index (χ0v) is 16.3. The first-order valence-electron chi connectivity index (χ1n) is 10.1. The highest BCUT2D eigenvalue weighted by atomic mass is 16.2. The number of amides is 1. The van der Waals surface area contributed by atoms with Gasteiger partial charge >= 0.3 is 0 Å². The van der Waals surface area contributed by atoms with Gasteiger partial charge in [0.1, 0.15) is 0 Å². The number of piperidine rings is 1. The van der Waals surface area contributed by atoms with Crippen molar-refractivity contribution < 1.29 is 9.90 Å². The van der Waals surface area contributed by atoms with Crippen LogP contribution in [0.25, 0.3) is 0 Å². The summed E-state index contributed by atoms with van der Waals surface area (Å²) < 4.78 is 0. The summed E-state index contributed by atoms with van der Waals surface area (Å²) in [5.41, 5.74) is 8.90. The lowest BCUT2D eigenvalue weighted by molar-refractivity contribution is 0.100. The van der Waals surface area contributed by atoms with Crippen molar-refractivity contribution in [2.75, 3.05) is 31.6 Å². The minimum absolute atomic E-state index is 0.265. The molecule has 1 saturated heterocycles. The fraction of sp³-hybridized carbons (Fsp3) is 0.455. The van der Waals surface area contributed by atoms with Crippen molar-refractivity contribution in [2.24, 2.45) is 5.73 Å². The molecule has 6 nitrogen and oxygen atoms in total. The van der Waals surface area contributed by atoms with E-state index in [1.54, 1.807) is 6.20 Å². The number of primary amides is 1. The van der Waals surface area contributed by atoms with Crippen molar-refractivity contribution >= 4 is 11.6 Å². The Morgan fingerprint density at radius 1 is 1.21 bits per heavy atom. The van der Waals surface area contributed by atoms with E-state index in [0.29, 0.717) is 11.6 Å². The average molecular weight is 383 g/mol. The van der Waals surface area contributed by atoms with Crippen LogP contribution in [0.1, 0.15) is 47.3 Å². The lowest BCUT2D eigenvalue weighted by Gasteiger charge is -2.33. The van der Waals surface area contributed by atoms with Crippen molar-refractivity contribution in [3.05, 3.63) is 59.4 Å². The molecule has 1 aliphatic heterocycles. The van der Waals surface area contributed by atoms with Gasteiger partial charge in [0.2, 0.25) is 0 Å². The van der Waals surface area contributed by atoms with Crippen LogP contribution >= 0.6 is 0 Å². The second-order valence-corrected chi connectivity index (χ2v) is 7.44. The van der Waals surface area contributed by atoms with Crippen LogP contribution in [0.5, 0.6) is 0 Å². The summed E-state index contributed by atoms with van der Waals surface area (Å²) in [6.07, 6.45) is 6.25. The smallest absolute Gasteiger partial charge is 0.252 e. The van der Waals surface area contributed by atoms with E-state index in [1.807, 2.05) is 24.3 Å². The van der Waals surface area contributed by atoms with E-state index >= 15 is 0 Å². The van der Waals surface area contributed by atoms with Gasteiger partial charge in [0.25, 0.3) is 5.91 Å². The standard InChI is InChI=1S/C22H30N4O2/c23-22(28)20-16-24-19(14-17-6-2-1-3-7-17)15-21(20)25-18-8-11-26(12-9-18)10-4-5-13-27/h1-3,6-7,15-16,18,27H,4-5,8-14H2,(H2,23,28)(H,24,25). The highest BCUT2D eigenvalue weighted by Crippen LogP contribution is 2.22. The Bertz CT molecular complexity index is 758. The summed E-state index contributed by atoms with van der Waals surface area (Å²) in [6.45, 7) is 3.35. The molecule has 1 aromatic heterocycles. The van der Waals surface area contributed by atoms with Crippen LogP contribution < -0.4 is 11.1 Å². The van der Waals surface area contributed by atoms with Crippen LogP contribution in [-0.4, -0.2) is 53.2 Å². The molecule has 0 radical (unpaired) electrons. The highest BCUT2D eigenvalue weighted by Gasteiger charge is 2.20. The molecular formula is C22H30N4O2. The molecule has 0 aliphatic carbocycles. The van der Waals surface area contributed by atoms with Crippen molar-refractivity contribution in [2.45, 2.75) is 38.1 Å². The van der Waals surface area contributed by atoms with Crippen LogP contribution in [0.4, 0.5) is 5.69 Å².